The van der Waals surface area contributed by atoms with Crippen LogP contribution in [0.25, 0.3) is 6.08 Å². The van der Waals surface area contributed by atoms with Gasteiger partial charge in [-0.2, -0.15) is 0 Å². The van der Waals surface area contributed by atoms with Crippen molar-refractivity contribution < 1.29 is 9.53 Å². The lowest BCUT2D eigenvalue weighted by Gasteiger charge is -2.15. The summed E-state index contributed by atoms with van der Waals surface area (Å²) in [6.07, 6.45) is 5.39. The first-order chi connectivity index (χ1) is 11.1. The number of fused-ring (bicyclic) bond motifs is 1. The smallest absolute Gasteiger partial charge is 0.248 e. The van der Waals surface area contributed by atoms with Crippen molar-refractivity contribution in [3.05, 3.63) is 76.9 Å². The molecule has 0 spiro atoms. The van der Waals surface area contributed by atoms with E-state index in [-0.39, 0.29) is 5.91 Å². The number of aryl methyl sites for hydroxylation is 2. The molecule has 3 heteroatoms. The molecular formula is C20H19NO2. The average molecular weight is 305 g/mol. The molecule has 116 valence electrons. The third kappa shape index (κ3) is 3.69. The lowest BCUT2D eigenvalue weighted by molar-refractivity contribution is -0.111. The highest BCUT2D eigenvalue weighted by molar-refractivity contribution is 6.00. The van der Waals surface area contributed by atoms with Gasteiger partial charge in [0.15, 0.2) is 0 Å². The summed E-state index contributed by atoms with van der Waals surface area (Å²) in [6.45, 7) is 4.50. The second-order valence-electron chi connectivity index (χ2n) is 5.69. The molecule has 0 saturated heterocycles. The van der Waals surface area contributed by atoms with Gasteiger partial charge in [-0.25, -0.2) is 0 Å². The van der Waals surface area contributed by atoms with Crippen LogP contribution in [0.2, 0.25) is 0 Å². The maximum Gasteiger partial charge on any atom is 0.248 e. The lowest BCUT2D eigenvalue weighted by Crippen LogP contribution is -2.10. The van der Waals surface area contributed by atoms with Crippen molar-refractivity contribution in [2.24, 2.45) is 0 Å². The van der Waals surface area contributed by atoms with E-state index in [9.17, 15) is 4.79 Å². The van der Waals surface area contributed by atoms with Crippen molar-refractivity contribution >= 4 is 17.7 Å². The molecule has 3 nitrogen and oxygen atoms in total. The number of benzene rings is 2. The minimum absolute atomic E-state index is 0.142. The van der Waals surface area contributed by atoms with Gasteiger partial charge in [0, 0.05) is 17.3 Å². The highest BCUT2D eigenvalue weighted by atomic mass is 16.5. The number of rotatable bonds is 3. The fourth-order valence-electron chi connectivity index (χ4n) is 2.54. The fourth-order valence-corrected chi connectivity index (χ4v) is 2.54. The van der Waals surface area contributed by atoms with Crippen molar-refractivity contribution in [3.8, 4) is 5.75 Å². The zero-order chi connectivity index (χ0) is 16.2. The van der Waals surface area contributed by atoms with E-state index >= 15 is 0 Å². The predicted octanol–water partition coefficient (Wildman–Crippen LogP) is 4.27. The summed E-state index contributed by atoms with van der Waals surface area (Å²) in [7, 11) is 0. The fraction of sp³-hybridized carbons (Fsp3) is 0.150. The van der Waals surface area contributed by atoms with Gasteiger partial charge >= 0.3 is 0 Å². The summed E-state index contributed by atoms with van der Waals surface area (Å²) in [5.74, 6) is 0.737. The standard InChI is InChI=1S/C20H19NO2/c1-14-7-9-18(15(2)11-14)21-20(22)10-8-16-12-17-5-3-4-6-19(17)23-13-16/h3-12H,13H2,1-2H3,(H,21,22). The quantitative estimate of drug-likeness (QED) is 0.860. The monoisotopic (exact) mass is 305 g/mol. The van der Waals surface area contributed by atoms with Gasteiger partial charge < -0.3 is 10.1 Å². The van der Waals surface area contributed by atoms with E-state index < -0.39 is 0 Å². The molecule has 0 fully saturated rings. The molecule has 0 aliphatic carbocycles. The Labute approximate surface area is 136 Å². The maximum atomic E-state index is 12.1. The number of anilines is 1. The first-order valence-corrected chi connectivity index (χ1v) is 7.60. The minimum Gasteiger partial charge on any atom is -0.488 e. The molecule has 0 bridgehead atoms. The number of para-hydroxylation sites is 1. The second kappa shape index (κ2) is 6.53. The van der Waals surface area contributed by atoms with Crippen molar-refractivity contribution in [2.75, 3.05) is 11.9 Å². The van der Waals surface area contributed by atoms with Crippen molar-refractivity contribution in [2.45, 2.75) is 13.8 Å². The van der Waals surface area contributed by atoms with E-state index in [2.05, 4.69) is 5.32 Å². The number of nitrogens with one attached hydrogen (secondary N) is 1. The van der Waals surface area contributed by atoms with Gasteiger partial charge in [0.05, 0.1) is 0 Å². The zero-order valence-electron chi connectivity index (χ0n) is 13.3. The second-order valence-corrected chi connectivity index (χ2v) is 5.69. The SMILES string of the molecule is Cc1ccc(NC(=O)C=CC2=Cc3ccccc3OC2)c(C)c1. The van der Waals surface area contributed by atoms with Crippen LogP contribution in [0.1, 0.15) is 16.7 Å². The molecule has 1 heterocycles. The molecule has 0 saturated carbocycles. The van der Waals surface area contributed by atoms with Gasteiger partial charge in [-0.15, -0.1) is 0 Å². The molecule has 0 radical (unpaired) electrons. The molecule has 0 atom stereocenters. The zero-order valence-corrected chi connectivity index (χ0v) is 13.3. The molecule has 1 amide bonds. The number of carbonyl (C=O) groups is 1. The van der Waals surface area contributed by atoms with Crippen LogP contribution in [0.4, 0.5) is 5.69 Å². The Morgan fingerprint density at radius 1 is 1.17 bits per heavy atom. The molecular weight excluding hydrogens is 286 g/mol. The number of hydrogen-bond donors (Lipinski definition) is 1. The predicted molar refractivity (Wildman–Crippen MR) is 93.6 cm³/mol. The Bertz CT molecular complexity index is 803. The molecule has 3 rings (SSSR count). The van der Waals surface area contributed by atoms with Crippen LogP contribution in [-0.4, -0.2) is 12.5 Å². The van der Waals surface area contributed by atoms with Gasteiger partial charge in [-0.1, -0.05) is 42.0 Å². The molecule has 1 aliphatic heterocycles. The molecule has 0 aromatic heterocycles. The van der Waals surface area contributed by atoms with E-state index in [0.29, 0.717) is 6.61 Å². The molecule has 2 aromatic carbocycles. The molecule has 23 heavy (non-hydrogen) atoms. The molecule has 2 aromatic rings. The van der Waals surface area contributed by atoms with E-state index in [4.69, 9.17) is 4.74 Å². The number of ether oxygens (including phenoxy) is 1. The van der Waals surface area contributed by atoms with Gasteiger partial charge in [0.25, 0.3) is 0 Å². The highest BCUT2D eigenvalue weighted by Crippen LogP contribution is 2.26. The third-order valence-electron chi connectivity index (χ3n) is 3.74. The van der Waals surface area contributed by atoms with Gasteiger partial charge in [0.1, 0.15) is 12.4 Å². The number of carbonyl (C=O) groups excluding carboxylic acids is 1. The Balaban J connectivity index is 1.68. The van der Waals surface area contributed by atoms with Crippen LogP contribution in [0.5, 0.6) is 5.75 Å². The van der Waals surface area contributed by atoms with Crippen LogP contribution in [-0.2, 0) is 4.79 Å². The molecule has 0 unspecified atom stereocenters. The van der Waals surface area contributed by atoms with E-state index in [1.54, 1.807) is 12.2 Å². The highest BCUT2D eigenvalue weighted by Gasteiger charge is 2.09. The summed E-state index contributed by atoms with van der Waals surface area (Å²) in [4.78, 5) is 12.1. The third-order valence-corrected chi connectivity index (χ3v) is 3.74. The Hall–Kier alpha value is -2.81. The molecule has 1 aliphatic rings. The van der Waals surface area contributed by atoms with Crippen LogP contribution >= 0.6 is 0 Å². The summed E-state index contributed by atoms with van der Waals surface area (Å²) >= 11 is 0. The average Bonchev–Trinajstić information content (AvgIpc) is 2.55. The first kappa shape index (κ1) is 15.1. The van der Waals surface area contributed by atoms with Gasteiger partial charge in [-0.3, -0.25) is 4.79 Å². The Morgan fingerprint density at radius 2 is 2.00 bits per heavy atom. The van der Waals surface area contributed by atoms with Crippen molar-refractivity contribution in [1.82, 2.24) is 0 Å². The van der Waals surface area contributed by atoms with E-state index in [1.807, 2.05) is 62.4 Å². The van der Waals surface area contributed by atoms with Crippen LogP contribution in [0, 0.1) is 13.8 Å². The van der Waals surface area contributed by atoms with Gasteiger partial charge in [-0.05, 0) is 43.2 Å². The lowest BCUT2D eigenvalue weighted by atomic mass is 10.1. The minimum atomic E-state index is -0.142. The maximum absolute atomic E-state index is 12.1. The van der Waals surface area contributed by atoms with Crippen molar-refractivity contribution in [1.29, 1.82) is 0 Å². The molecule has 1 N–H and O–H groups in total. The normalized spacial score (nSPS) is 13.2. The van der Waals surface area contributed by atoms with Crippen LogP contribution in [0.3, 0.4) is 0 Å². The Kier molecular flexibility index (Phi) is 4.29. The largest absolute Gasteiger partial charge is 0.488 e. The van der Waals surface area contributed by atoms with Crippen LogP contribution < -0.4 is 10.1 Å². The summed E-state index contributed by atoms with van der Waals surface area (Å²) in [6, 6.07) is 13.8. The topological polar surface area (TPSA) is 38.3 Å². The van der Waals surface area contributed by atoms with E-state index in [1.165, 1.54) is 5.56 Å². The summed E-state index contributed by atoms with van der Waals surface area (Å²) < 4.78 is 5.67. The first-order valence-electron chi connectivity index (χ1n) is 7.60. The number of hydrogen-bond acceptors (Lipinski definition) is 2. The summed E-state index contributed by atoms with van der Waals surface area (Å²) in [5.41, 5.74) is 5.08. The van der Waals surface area contributed by atoms with Crippen molar-refractivity contribution in [3.63, 3.8) is 0 Å². The van der Waals surface area contributed by atoms with Gasteiger partial charge in [0.2, 0.25) is 5.91 Å². The van der Waals surface area contributed by atoms with Crippen LogP contribution in [0.15, 0.2) is 60.2 Å². The Morgan fingerprint density at radius 3 is 2.83 bits per heavy atom. The number of amides is 1. The summed E-state index contributed by atoms with van der Waals surface area (Å²) in [5, 5.41) is 2.90. The van der Waals surface area contributed by atoms with E-state index in [0.717, 1.165) is 28.1 Å².